The average molecular weight is 287 g/mol. The van der Waals surface area contributed by atoms with Crippen molar-refractivity contribution in [2.45, 2.75) is 25.4 Å². The molecule has 0 unspecified atom stereocenters. The Bertz CT molecular complexity index is 659. The molecule has 1 amide bonds. The summed E-state index contributed by atoms with van der Waals surface area (Å²) in [7, 11) is 1.74. The van der Waals surface area contributed by atoms with Crippen LogP contribution in [0.3, 0.4) is 0 Å². The highest BCUT2D eigenvalue weighted by Crippen LogP contribution is 2.37. The molecule has 0 spiro atoms. The van der Waals surface area contributed by atoms with Crippen molar-refractivity contribution < 1.29 is 9.18 Å². The van der Waals surface area contributed by atoms with Crippen LogP contribution in [0.15, 0.2) is 36.5 Å². The largest absolute Gasteiger partial charge is 0.397 e. The van der Waals surface area contributed by atoms with Crippen LogP contribution in [0.4, 0.5) is 10.1 Å². The lowest BCUT2D eigenvalue weighted by Gasteiger charge is -2.18. The summed E-state index contributed by atoms with van der Waals surface area (Å²) < 4.78 is 14.9. The van der Waals surface area contributed by atoms with E-state index in [9.17, 15) is 9.18 Å². The lowest BCUT2D eigenvalue weighted by Crippen LogP contribution is -2.28. The number of aromatic nitrogens is 1. The Kier molecular flexibility index (Phi) is 3.41. The zero-order chi connectivity index (χ0) is 15.0. The van der Waals surface area contributed by atoms with Gasteiger partial charge < -0.3 is 15.2 Å². The van der Waals surface area contributed by atoms with E-state index in [1.165, 1.54) is 12.1 Å². The van der Waals surface area contributed by atoms with Gasteiger partial charge in [0.2, 0.25) is 0 Å². The third-order valence-corrected chi connectivity index (χ3v) is 3.71. The summed E-state index contributed by atoms with van der Waals surface area (Å²) in [6.45, 7) is 0.439. The SMILES string of the molecule is CN(Cc1ccc(F)cc1)C(=O)c1cc(N)cn1C1CC1. The van der Waals surface area contributed by atoms with E-state index in [0.29, 0.717) is 24.0 Å². The number of nitrogen functional groups attached to an aromatic ring is 1. The third-order valence-electron chi connectivity index (χ3n) is 3.71. The summed E-state index contributed by atoms with van der Waals surface area (Å²) in [5.74, 6) is -0.342. The molecule has 2 N–H and O–H groups in total. The third kappa shape index (κ3) is 2.91. The normalized spacial score (nSPS) is 14.2. The molecule has 21 heavy (non-hydrogen) atoms. The Hall–Kier alpha value is -2.30. The number of halogens is 1. The lowest BCUT2D eigenvalue weighted by molar-refractivity contribution is 0.0774. The van der Waals surface area contributed by atoms with Gasteiger partial charge in [0.1, 0.15) is 11.5 Å². The molecule has 2 aromatic rings. The van der Waals surface area contributed by atoms with Crippen LogP contribution in [-0.2, 0) is 6.54 Å². The number of hydrogen-bond donors (Lipinski definition) is 1. The minimum atomic E-state index is -0.275. The van der Waals surface area contributed by atoms with E-state index in [4.69, 9.17) is 5.73 Å². The second-order valence-electron chi connectivity index (χ2n) is 5.58. The second kappa shape index (κ2) is 5.24. The summed E-state index contributed by atoms with van der Waals surface area (Å²) in [4.78, 5) is 14.2. The van der Waals surface area contributed by atoms with Crippen LogP contribution in [-0.4, -0.2) is 22.4 Å². The summed E-state index contributed by atoms with van der Waals surface area (Å²) in [5.41, 5.74) is 7.95. The fourth-order valence-corrected chi connectivity index (χ4v) is 2.46. The standard InChI is InChI=1S/C16H18FN3O/c1-19(9-11-2-4-12(17)5-3-11)16(21)15-8-13(18)10-20(15)14-6-7-14/h2-5,8,10,14H,6-7,9,18H2,1H3. The van der Waals surface area contributed by atoms with Crippen LogP contribution in [0.25, 0.3) is 0 Å². The maximum absolute atomic E-state index is 12.9. The molecule has 0 saturated heterocycles. The molecule has 0 radical (unpaired) electrons. The van der Waals surface area contributed by atoms with Gasteiger partial charge in [-0.1, -0.05) is 12.1 Å². The van der Waals surface area contributed by atoms with Gasteiger partial charge >= 0.3 is 0 Å². The summed E-state index contributed by atoms with van der Waals surface area (Å²) >= 11 is 0. The minimum Gasteiger partial charge on any atom is -0.397 e. The average Bonchev–Trinajstić information content (AvgIpc) is 3.23. The van der Waals surface area contributed by atoms with Gasteiger partial charge in [0.15, 0.2) is 0 Å². The monoisotopic (exact) mass is 287 g/mol. The Morgan fingerprint density at radius 2 is 2.05 bits per heavy atom. The lowest BCUT2D eigenvalue weighted by atomic mass is 10.2. The quantitative estimate of drug-likeness (QED) is 0.940. The van der Waals surface area contributed by atoms with E-state index >= 15 is 0 Å². The van der Waals surface area contributed by atoms with E-state index in [-0.39, 0.29) is 11.7 Å². The van der Waals surface area contributed by atoms with Crippen LogP contribution in [0.1, 0.15) is 34.9 Å². The summed E-state index contributed by atoms with van der Waals surface area (Å²) in [6.07, 6.45) is 4.02. The van der Waals surface area contributed by atoms with Gasteiger partial charge in [0.25, 0.3) is 5.91 Å². The molecule has 0 atom stereocenters. The predicted molar refractivity (Wildman–Crippen MR) is 79.3 cm³/mol. The van der Waals surface area contributed by atoms with Crippen molar-refractivity contribution in [1.29, 1.82) is 0 Å². The molecule has 0 bridgehead atoms. The number of nitrogens with zero attached hydrogens (tertiary/aromatic N) is 2. The van der Waals surface area contributed by atoms with Gasteiger partial charge in [-0.15, -0.1) is 0 Å². The van der Waals surface area contributed by atoms with Crippen LogP contribution in [0.5, 0.6) is 0 Å². The fraction of sp³-hybridized carbons (Fsp3) is 0.312. The Labute approximate surface area is 123 Å². The molecule has 1 aromatic heterocycles. The number of amides is 1. The molecule has 1 aromatic carbocycles. The van der Waals surface area contributed by atoms with Crippen molar-refractivity contribution in [3.63, 3.8) is 0 Å². The Morgan fingerprint density at radius 1 is 1.38 bits per heavy atom. The van der Waals surface area contributed by atoms with Crippen molar-refractivity contribution >= 4 is 11.6 Å². The number of hydrogen-bond acceptors (Lipinski definition) is 2. The van der Waals surface area contributed by atoms with Gasteiger partial charge in [-0.3, -0.25) is 4.79 Å². The molecule has 1 heterocycles. The molecule has 1 aliphatic rings. The van der Waals surface area contributed by atoms with Gasteiger partial charge in [-0.2, -0.15) is 0 Å². The van der Waals surface area contributed by atoms with E-state index in [2.05, 4.69) is 0 Å². The molecule has 110 valence electrons. The van der Waals surface area contributed by atoms with Gasteiger partial charge in [0, 0.05) is 25.8 Å². The van der Waals surface area contributed by atoms with Gasteiger partial charge in [-0.05, 0) is 36.6 Å². The van der Waals surface area contributed by atoms with Gasteiger partial charge in [-0.25, -0.2) is 4.39 Å². The van der Waals surface area contributed by atoms with Crippen molar-refractivity contribution in [3.8, 4) is 0 Å². The Balaban J connectivity index is 1.76. The van der Waals surface area contributed by atoms with Crippen LogP contribution in [0, 0.1) is 5.82 Å². The highest BCUT2D eigenvalue weighted by atomic mass is 19.1. The molecule has 3 rings (SSSR count). The summed E-state index contributed by atoms with van der Waals surface area (Å²) in [5, 5.41) is 0. The topological polar surface area (TPSA) is 51.3 Å². The maximum atomic E-state index is 12.9. The van der Waals surface area contributed by atoms with E-state index in [0.717, 1.165) is 18.4 Å². The smallest absolute Gasteiger partial charge is 0.270 e. The molecule has 4 nitrogen and oxygen atoms in total. The zero-order valence-electron chi connectivity index (χ0n) is 11.9. The minimum absolute atomic E-state index is 0.0667. The first kappa shape index (κ1) is 13.7. The second-order valence-corrected chi connectivity index (χ2v) is 5.58. The number of anilines is 1. The van der Waals surface area contributed by atoms with Crippen molar-refractivity contribution in [2.75, 3.05) is 12.8 Å². The van der Waals surface area contributed by atoms with Crippen molar-refractivity contribution in [2.24, 2.45) is 0 Å². The molecule has 5 heteroatoms. The first-order chi connectivity index (χ1) is 10.0. The number of benzene rings is 1. The zero-order valence-corrected chi connectivity index (χ0v) is 11.9. The molecular formula is C16H18FN3O. The highest BCUT2D eigenvalue weighted by Gasteiger charge is 2.28. The van der Waals surface area contributed by atoms with Crippen molar-refractivity contribution in [3.05, 3.63) is 53.6 Å². The highest BCUT2D eigenvalue weighted by molar-refractivity contribution is 5.93. The summed E-state index contributed by atoms with van der Waals surface area (Å²) in [6, 6.07) is 8.31. The van der Waals surface area contributed by atoms with Crippen LogP contribution < -0.4 is 5.73 Å². The first-order valence-corrected chi connectivity index (χ1v) is 7.02. The molecular weight excluding hydrogens is 269 g/mol. The van der Waals surface area contributed by atoms with Gasteiger partial charge in [0.05, 0.1) is 5.69 Å². The number of nitrogens with two attached hydrogens (primary N) is 1. The molecule has 1 fully saturated rings. The Morgan fingerprint density at radius 3 is 2.67 bits per heavy atom. The predicted octanol–water partition coefficient (Wildman–Crippen LogP) is 2.82. The van der Waals surface area contributed by atoms with Crippen LogP contribution >= 0.6 is 0 Å². The number of carbonyl (C=O) groups is 1. The molecule has 1 saturated carbocycles. The van der Waals surface area contributed by atoms with E-state index in [1.54, 1.807) is 30.1 Å². The number of carbonyl (C=O) groups excluding carboxylic acids is 1. The van der Waals surface area contributed by atoms with Crippen molar-refractivity contribution in [1.82, 2.24) is 9.47 Å². The van der Waals surface area contributed by atoms with Crippen LogP contribution in [0.2, 0.25) is 0 Å². The van der Waals surface area contributed by atoms with E-state index < -0.39 is 0 Å². The van der Waals surface area contributed by atoms with E-state index in [1.807, 2.05) is 10.8 Å². The fourth-order valence-electron chi connectivity index (χ4n) is 2.46. The maximum Gasteiger partial charge on any atom is 0.270 e. The first-order valence-electron chi connectivity index (χ1n) is 7.02. The molecule has 0 aliphatic heterocycles. The molecule has 1 aliphatic carbocycles. The number of rotatable bonds is 4.